The molecule has 0 saturated heterocycles. The highest BCUT2D eigenvalue weighted by Gasteiger charge is 2.10. The molecule has 0 aliphatic carbocycles. The summed E-state index contributed by atoms with van der Waals surface area (Å²) in [4.78, 5) is 21.4. The highest BCUT2D eigenvalue weighted by molar-refractivity contribution is 5.74. The molecule has 0 spiro atoms. The Morgan fingerprint density at radius 3 is 2.67 bits per heavy atom. The van der Waals surface area contributed by atoms with E-state index < -0.39 is 0 Å². The first kappa shape index (κ1) is 16.1. The maximum absolute atomic E-state index is 12.0. The van der Waals surface area contributed by atoms with Crippen LogP contribution < -0.4 is 0 Å². The Bertz CT molecular complexity index is 765. The number of rotatable bonds is 6. The largest absolute Gasteiger partial charge is 0.445 e. The number of aryl methyl sites for hydroxylation is 1. The number of amides is 1. The molecule has 0 aliphatic heterocycles. The van der Waals surface area contributed by atoms with Crippen LogP contribution in [0.1, 0.15) is 17.8 Å². The molecule has 1 aromatic heterocycles. The Morgan fingerprint density at radius 1 is 1.12 bits per heavy atom. The zero-order valence-corrected chi connectivity index (χ0v) is 13.7. The number of fused-ring (bicyclic) bond motifs is 1. The number of hydrogen-bond acceptors (Lipinski definition) is 3. The molecule has 0 unspecified atom stereocenters. The smallest absolute Gasteiger partial charge is 0.409 e. The number of para-hydroxylation sites is 2. The summed E-state index contributed by atoms with van der Waals surface area (Å²) in [6.07, 6.45) is 1.32. The number of nitrogens with one attached hydrogen (secondary N) is 1. The van der Waals surface area contributed by atoms with E-state index in [0.717, 1.165) is 35.3 Å². The van der Waals surface area contributed by atoms with Crippen LogP contribution in [0.15, 0.2) is 54.6 Å². The second kappa shape index (κ2) is 7.64. The molecule has 3 rings (SSSR count). The number of carbonyl (C=O) groups excluding carboxylic acids is 1. The van der Waals surface area contributed by atoms with Crippen molar-refractivity contribution in [2.45, 2.75) is 19.4 Å². The van der Waals surface area contributed by atoms with Gasteiger partial charge in [-0.2, -0.15) is 0 Å². The van der Waals surface area contributed by atoms with Crippen LogP contribution in [0.4, 0.5) is 4.79 Å². The van der Waals surface area contributed by atoms with Gasteiger partial charge in [-0.15, -0.1) is 0 Å². The molecule has 0 atom stereocenters. The van der Waals surface area contributed by atoms with Gasteiger partial charge in [0, 0.05) is 20.0 Å². The van der Waals surface area contributed by atoms with Crippen molar-refractivity contribution in [2.24, 2.45) is 0 Å². The monoisotopic (exact) mass is 323 g/mol. The number of aromatic nitrogens is 2. The van der Waals surface area contributed by atoms with Gasteiger partial charge in [-0.25, -0.2) is 9.78 Å². The van der Waals surface area contributed by atoms with Gasteiger partial charge in [-0.1, -0.05) is 42.5 Å². The van der Waals surface area contributed by atoms with E-state index in [-0.39, 0.29) is 6.09 Å². The Morgan fingerprint density at radius 2 is 1.88 bits per heavy atom. The fourth-order valence-corrected chi connectivity index (χ4v) is 2.53. The lowest BCUT2D eigenvalue weighted by atomic mass is 10.2. The van der Waals surface area contributed by atoms with Gasteiger partial charge >= 0.3 is 6.09 Å². The van der Waals surface area contributed by atoms with Crippen molar-refractivity contribution < 1.29 is 9.53 Å². The van der Waals surface area contributed by atoms with Gasteiger partial charge in [0.05, 0.1) is 11.0 Å². The predicted molar refractivity (Wildman–Crippen MR) is 93.7 cm³/mol. The van der Waals surface area contributed by atoms with Crippen molar-refractivity contribution in [1.82, 2.24) is 14.9 Å². The molecule has 2 aromatic carbocycles. The lowest BCUT2D eigenvalue weighted by molar-refractivity contribution is 0.104. The summed E-state index contributed by atoms with van der Waals surface area (Å²) in [5.74, 6) is 0.947. The first-order valence-corrected chi connectivity index (χ1v) is 8.08. The molecule has 24 heavy (non-hydrogen) atoms. The molecule has 5 heteroatoms. The Kier molecular flexibility index (Phi) is 5.11. The molecule has 5 nitrogen and oxygen atoms in total. The van der Waals surface area contributed by atoms with Crippen LogP contribution in [0.3, 0.4) is 0 Å². The second-order valence-corrected chi connectivity index (χ2v) is 5.77. The van der Waals surface area contributed by atoms with Gasteiger partial charge in [0.2, 0.25) is 0 Å². The molecule has 0 bridgehead atoms. The zero-order valence-electron chi connectivity index (χ0n) is 13.7. The number of ether oxygens (including phenoxy) is 1. The number of carbonyl (C=O) groups is 1. The normalized spacial score (nSPS) is 10.7. The average molecular weight is 323 g/mol. The zero-order chi connectivity index (χ0) is 16.8. The van der Waals surface area contributed by atoms with Crippen molar-refractivity contribution >= 4 is 17.1 Å². The Hall–Kier alpha value is -2.82. The molecule has 0 fully saturated rings. The summed E-state index contributed by atoms with van der Waals surface area (Å²) in [7, 11) is 1.76. The van der Waals surface area contributed by atoms with Crippen LogP contribution in [0.2, 0.25) is 0 Å². The first-order chi connectivity index (χ1) is 11.7. The van der Waals surface area contributed by atoms with Crippen molar-refractivity contribution in [1.29, 1.82) is 0 Å². The van der Waals surface area contributed by atoms with Gasteiger partial charge in [0.25, 0.3) is 0 Å². The second-order valence-electron chi connectivity index (χ2n) is 5.77. The van der Waals surface area contributed by atoms with Gasteiger partial charge in [-0.05, 0) is 24.1 Å². The number of nitrogens with zero attached hydrogens (tertiary/aromatic N) is 2. The molecular weight excluding hydrogens is 302 g/mol. The van der Waals surface area contributed by atoms with E-state index in [1.54, 1.807) is 11.9 Å². The van der Waals surface area contributed by atoms with E-state index in [1.807, 2.05) is 54.6 Å². The summed E-state index contributed by atoms with van der Waals surface area (Å²) in [5.41, 5.74) is 3.01. The van der Waals surface area contributed by atoms with Crippen LogP contribution in [0, 0.1) is 0 Å². The van der Waals surface area contributed by atoms with E-state index in [4.69, 9.17) is 4.74 Å². The van der Waals surface area contributed by atoms with Crippen molar-refractivity contribution in [2.75, 3.05) is 13.6 Å². The first-order valence-electron chi connectivity index (χ1n) is 8.08. The van der Waals surface area contributed by atoms with Crippen molar-refractivity contribution in [3.05, 3.63) is 66.0 Å². The highest BCUT2D eigenvalue weighted by atomic mass is 16.6. The number of imidazole rings is 1. The minimum Gasteiger partial charge on any atom is -0.445 e. The topological polar surface area (TPSA) is 58.2 Å². The van der Waals surface area contributed by atoms with E-state index in [0.29, 0.717) is 13.2 Å². The standard InChI is InChI=1S/C19H21N3O2/c1-22(19(23)24-14-15-8-3-2-4-9-15)13-7-12-18-20-16-10-5-6-11-17(16)21-18/h2-6,8-11H,7,12-14H2,1H3,(H,20,21). The maximum atomic E-state index is 12.0. The van der Waals surface area contributed by atoms with E-state index in [2.05, 4.69) is 9.97 Å². The summed E-state index contributed by atoms with van der Waals surface area (Å²) >= 11 is 0. The summed E-state index contributed by atoms with van der Waals surface area (Å²) in [6.45, 7) is 0.929. The maximum Gasteiger partial charge on any atom is 0.409 e. The van der Waals surface area contributed by atoms with E-state index in [9.17, 15) is 4.79 Å². The number of hydrogen-bond donors (Lipinski definition) is 1. The molecule has 0 radical (unpaired) electrons. The fraction of sp³-hybridized carbons (Fsp3) is 0.263. The molecule has 1 N–H and O–H groups in total. The average Bonchev–Trinajstić information content (AvgIpc) is 3.03. The molecule has 0 aliphatic rings. The lowest BCUT2D eigenvalue weighted by Crippen LogP contribution is -2.28. The van der Waals surface area contributed by atoms with Crippen LogP contribution in [0.5, 0.6) is 0 Å². The summed E-state index contributed by atoms with van der Waals surface area (Å²) in [6, 6.07) is 17.6. The number of H-pyrrole nitrogens is 1. The quantitative estimate of drug-likeness (QED) is 0.751. The van der Waals surface area contributed by atoms with Gasteiger partial charge < -0.3 is 14.6 Å². The molecule has 1 heterocycles. The van der Waals surface area contributed by atoms with Gasteiger partial charge in [0.1, 0.15) is 12.4 Å². The fourth-order valence-electron chi connectivity index (χ4n) is 2.53. The van der Waals surface area contributed by atoms with Crippen LogP contribution >= 0.6 is 0 Å². The highest BCUT2D eigenvalue weighted by Crippen LogP contribution is 2.11. The van der Waals surface area contributed by atoms with E-state index >= 15 is 0 Å². The molecule has 0 saturated carbocycles. The third-order valence-corrected chi connectivity index (χ3v) is 3.86. The third-order valence-electron chi connectivity index (χ3n) is 3.86. The molecular formula is C19H21N3O2. The summed E-state index contributed by atoms with van der Waals surface area (Å²) < 4.78 is 5.30. The molecule has 1 amide bonds. The Balaban J connectivity index is 1.43. The predicted octanol–water partition coefficient (Wildman–Crippen LogP) is 3.76. The minimum absolute atomic E-state index is 0.299. The minimum atomic E-state index is -0.302. The van der Waals surface area contributed by atoms with Crippen molar-refractivity contribution in [3.63, 3.8) is 0 Å². The van der Waals surface area contributed by atoms with Crippen LogP contribution in [-0.2, 0) is 17.8 Å². The number of benzene rings is 2. The van der Waals surface area contributed by atoms with Crippen LogP contribution in [0.25, 0.3) is 11.0 Å². The molecule has 3 aromatic rings. The summed E-state index contributed by atoms with van der Waals surface area (Å²) in [5, 5.41) is 0. The number of aromatic amines is 1. The Labute approximate surface area is 141 Å². The van der Waals surface area contributed by atoms with Crippen LogP contribution in [-0.4, -0.2) is 34.6 Å². The SMILES string of the molecule is CN(CCCc1nc2ccccc2[nH]1)C(=O)OCc1ccccc1. The third kappa shape index (κ3) is 4.13. The lowest BCUT2D eigenvalue weighted by Gasteiger charge is -2.16. The van der Waals surface area contributed by atoms with E-state index in [1.165, 1.54) is 0 Å². The van der Waals surface area contributed by atoms with Gasteiger partial charge in [0.15, 0.2) is 0 Å². The molecule has 124 valence electrons. The van der Waals surface area contributed by atoms with Gasteiger partial charge in [-0.3, -0.25) is 0 Å². The van der Waals surface area contributed by atoms with Crippen molar-refractivity contribution in [3.8, 4) is 0 Å².